The zero-order valence-corrected chi connectivity index (χ0v) is 9.62. The molecule has 0 aliphatic rings. The molecule has 0 amide bonds. The van der Waals surface area contributed by atoms with E-state index in [1.165, 1.54) is 0 Å². The van der Waals surface area contributed by atoms with Crippen LogP contribution < -0.4 is 0 Å². The van der Waals surface area contributed by atoms with Crippen molar-refractivity contribution in [3.63, 3.8) is 0 Å². The van der Waals surface area contributed by atoms with Crippen LogP contribution in [0.1, 0.15) is 11.5 Å². The van der Waals surface area contributed by atoms with Crippen LogP contribution in [-0.2, 0) is 0 Å². The van der Waals surface area contributed by atoms with E-state index in [0.717, 1.165) is 22.8 Å². The minimum absolute atomic E-state index is 0.634. The summed E-state index contributed by atoms with van der Waals surface area (Å²) in [5.74, 6) is 1.35. The Balaban J connectivity index is 2.35. The minimum Gasteiger partial charge on any atom is -0.265 e. The molecule has 0 saturated carbocycles. The molecule has 0 spiro atoms. The van der Waals surface area contributed by atoms with Gasteiger partial charge in [-0.25, -0.2) is 4.98 Å². The summed E-state index contributed by atoms with van der Waals surface area (Å²) in [5.41, 5.74) is 2.97. The van der Waals surface area contributed by atoms with E-state index in [1.54, 1.807) is 16.9 Å². The molecule has 0 aliphatic heterocycles. The van der Waals surface area contributed by atoms with Crippen LogP contribution in [0.5, 0.6) is 0 Å². The first-order valence-electron chi connectivity index (χ1n) is 5.35. The summed E-state index contributed by atoms with van der Waals surface area (Å²) < 4.78 is 1.76. The third-order valence-corrected chi connectivity index (χ3v) is 2.52. The van der Waals surface area contributed by atoms with Crippen LogP contribution >= 0.6 is 0 Å². The van der Waals surface area contributed by atoms with Crippen molar-refractivity contribution in [1.29, 1.82) is 0 Å². The van der Waals surface area contributed by atoms with Crippen molar-refractivity contribution in [3.8, 4) is 11.3 Å². The van der Waals surface area contributed by atoms with Crippen LogP contribution in [0.25, 0.3) is 17.0 Å². The fourth-order valence-corrected chi connectivity index (χ4v) is 1.82. The molecule has 3 rings (SSSR count). The highest BCUT2D eigenvalue weighted by molar-refractivity contribution is 5.61. The van der Waals surface area contributed by atoms with E-state index in [4.69, 9.17) is 0 Å². The lowest BCUT2D eigenvalue weighted by Gasteiger charge is -2.04. The Kier molecular flexibility index (Phi) is 2.11. The highest BCUT2D eigenvalue weighted by Gasteiger charge is 2.09. The number of aromatic nitrogens is 5. The summed E-state index contributed by atoms with van der Waals surface area (Å²) in [7, 11) is 0. The summed E-state index contributed by atoms with van der Waals surface area (Å²) >= 11 is 0. The maximum atomic E-state index is 4.36. The third kappa shape index (κ3) is 1.65. The first kappa shape index (κ1) is 9.89. The van der Waals surface area contributed by atoms with Crippen molar-refractivity contribution in [2.45, 2.75) is 13.8 Å². The van der Waals surface area contributed by atoms with Crippen molar-refractivity contribution in [2.24, 2.45) is 0 Å². The maximum Gasteiger partial charge on any atom is 0.253 e. The first-order chi connectivity index (χ1) is 8.24. The van der Waals surface area contributed by atoms with Gasteiger partial charge in [-0.2, -0.15) is 9.50 Å². The van der Waals surface area contributed by atoms with Crippen molar-refractivity contribution < 1.29 is 0 Å². The predicted octanol–water partition coefficient (Wildman–Crippen LogP) is 1.80. The molecule has 17 heavy (non-hydrogen) atoms. The van der Waals surface area contributed by atoms with E-state index < -0.39 is 0 Å². The second-order valence-electron chi connectivity index (χ2n) is 3.89. The molecule has 0 radical (unpaired) electrons. The van der Waals surface area contributed by atoms with Gasteiger partial charge in [0.15, 0.2) is 0 Å². The highest BCUT2D eigenvalue weighted by atomic mass is 15.3. The van der Waals surface area contributed by atoms with Gasteiger partial charge in [0.25, 0.3) is 5.78 Å². The van der Waals surface area contributed by atoms with Crippen LogP contribution in [0.15, 0.2) is 30.6 Å². The van der Waals surface area contributed by atoms with Crippen LogP contribution in [0, 0.1) is 13.8 Å². The monoisotopic (exact) mass is 225 g/mol. The Labute approximate surface area is 98.2 Å². The molecule has 0 bridgehead atoms. The second-order valence-corrected chi connectivity index (χ2v) is 3.89. The number of pyridine rings is 1. The van der Waals surface area contributed by atoms with Crippen LogP contribution in [0.2, 0.25) is 0 Å². The lowest BCUT2D eigenvalue weighted by molar-refractivity contribution is 0.916. The maximum absolute atomic E-state index is 4.36. The summed E-state index contributed by atoms with van der Waals surface area (Å²) in [6.07, 6.45) is 3.53. The van der Waals surface area contributed by atoms with Gasteiger partial charge in [-0.1, -0.05) is 0 Å². The molecule has 84 valence electrons. The lowest BCUT2D eigenvalue weighted by Crippen LogP contribution is -1.98. The van der Waals surface area contributed by atoms with E-state index >= 15 is 0 Å². The van der Waals surface area contributed by atoms with Gasteiger partial charge in [0.2, 0.25) is 0 Å². The molecule has 0 aromatic carbocycles. The van der Waals surface area contributed by atoms with Gasteiger partial charge in [-0.05, 0) is 32.0 Å². The van der Waals surface area contributed by atoms with E-state index in [-0.39, 0.29) is 0 Å². The Morgan fingerprint density at radius 1 is 1.06 bits per heavy atom. The molecule has 0 aliphatic carbocycles. The highest BCUT2D eigenvalue weighted by Crippen LogP contribution is 2.19. The van der Waals surface area contributed by atoms with Gasteiger partial charge in [0.1, 0.15) is 5.82 Å². The number of hydrogen-bond acceptors (Lipinski definition) is 4. The fourth-order valence-electron chi connectivity index (χ4n) is 1.82. The Hall–Kier alpha value is -2.30. The smallest absolute Gasteiger partial charge is 0.253 e. The molecule has 0 fully saturated rings. The Morgan fingerprint density at radius 3 is 2.59 bits per heavy atom. The van der Waals surface area contributed by atoms with Crippen molar-refractivity contribution in [3.05, 3.63) is 42.1 Å². The normalized spacial score (nSPS) is 10.9. The topological polar surface area (TPSA) is 56.0 Å². The largest absolute Gasteiger partial charge is 0.265 e. The zero-order valence-electron chi connectivity index (χ0n) is 9.62. The molecular formula is C12H11N5. The molecule has 3 aromatic heterocycles. The number of aryl methyl sites for hydroxylation is 2. The SMILES string of the molecule is Cc1cc(-c2ccncc2)n2nc(C)nc2n1. The quantitative estimate of drug-likeness (QED) is 0.633. The van der Waals surface area contributed by atoms with Crippen LogP contribution in [-0.4, -0.2) is 24.6 Å². The lowest BCUT2D eigenvalue weighted by atomic mass is 10.2. The second kappa shape index (κ2) is 3.62. The third-order valence-electron chi connectivity index (χ3n) is 2.52. The van der Waals surface area contributed by atoms with Crippen molar-refractivity contribution in [1.82, 2.24) is 24.6 Å². The summed E-state index contributed by atoms with van der Waals surface area (Å²) in [6.45, 7) is 3.81. The molecule has 3 aromatic rings. The number of nitrogens with zero attached hydrogens (tertiary/aromatic N) is 5. The molecule has 0 atom stereocenters. The number of hydrogen-bond donors (Lipinski definition) is 0. The summed E-state index contributed by atoms with van der Waals surface area (Å²) in [5, 5.41) is 4.35. The fraction of sp³-hybridized carbons (Fsp3) is 0.167. The van der Waals surface area contributed by atoms with Crippen LogP contribution in [0.3, 0.4) is 0 Å². The van der Waals surface area contributed by atoms with Gasteiger partial charge in [-0.15, -0.1) is 5.10 Å². The van der Waals surface area contributed by atoms with Gasteiger partial charge < -0.3 is 0 Å². The number of fused-ring (bicyclic) bond motifs is 1. The number of rotatable bonds is 1. The van der Waals surface area contributed by atoms with Gasteiger partial charge in [-0.3, -0.25) is 4.98 Å². The molecule has 0 saturated heterocycles. The molecular weight excluding hydrogens is 214 g/mol. The predicted molar refractivity (Wildman–Crippen MR) is 63.5 cm³/mol. The Morgan fingerprint density at radius 2 is 1.82 bits per heavy atom. The van der Waals surface area contributed by atoms with E-state index in [9.17, 15) is 0 Å². The van der Waals surface area contributed by atoms with Gasteiger partial charge in [0, 0.05) is 23.7 Å². The van der Waals surface area contributed by atoms with Gasteiger partial charge >= 0.3 is 0 Å². The zero-order chi connectivity index (χ0) is 11.8. The molecule has 5 nitrogen and oxygen atoms in total. The Bertz CT molecular complexity index is 672. The minimum atomic E-state index is 0.634. The van der Waals surface area contributed by atoms with Gasteiger partial charge in [0.05, 0.1) is 5.69 Å². The standard InChI is InChI=1S/C12H11N5/c1-8-7-11(10-3-5-13-6-4-10)17-12(14-8)15-9(2)16-17/h3-7H,1-2H3. The van der Waals surface area contributed by atoms with E-state index in [1.807, 2.05) is 32.0 Å². The molecule has 3 heterocycles. The average molecular weight is 225 g/mol. The summed E-state index contributed by atoms with van der Waals surface area (Å²) in [6, 6.07) is 5.90. The first-order valence-corrected chi connectivity index (χ1v) is 5.35. The molecule has 0 unspecified atom stereocenters. The molecule has 5 heteroatoms. The van der Waals surface area contributed by atoms with E-state index in [2.05, 4.69) is 20.1 Å². The average Bonchev–Trinajstić information content (AvgIpc) is 2.69. The van der Waals surface area contributed by atoms with Crippen LogP contribution in [0.4, 0.5) is 0 Å². The van der Waals surface area contributed by atoms with E-state index in [0.29, 0.717) is 5.78 Å². The summed E-state index contributed by atoms with van der Waals surface area (Å²) in [4.78, 5) is 12.7. The van der Waals surface area contributed by atoms with Crippen molar-refractivity contribution >= 4 is 5.78 Å². The van der Waals surface area contributed by atoms with Crippen molar-refractivity contribution in [2.75, 3.05) is 0 Å². The molecule has 0 N–H and O–H groups in total.